The normalized spacial score (nSPS) is 17.3. The molecule has 0 N–H and O–H groups in total. The van der Waals surface area contributed by atoms with E-state index in [1.54, 1.807) is 13.2 Å². The molecule has 1 aliphatic rings. The highest BCUT2D eigenvalue weighted by Gasteiger charge is 2.40. The summed E-state index contributed by atoms with van der Waals surface area (Å²) in [5.74, 6) is 1.24. The lowest BCUT2D eigenvalue weighted by atomic mass is 10.2. The lowest BCUT2D eigenvalue weighted by Gasteiger charge is -2.41. The fourth-order valence-corrected chi connectivity index (χ4v) is 2.67. The maximum Gasteiger partial charge on any atom is 0.270 e. The maximum absolute atomic E-state index is 6.01. The minimum Gasteiger partial charge on any atom is -0.497 e. The van der Waals surface area contributed by atoms with Crippen LogP contribution in [0, 0.1) is 0 Å². The predicted molar refractivity (Wildman–Crippen MR) is 103 cm³/mol. The van der Waals surface area contributed by atoms with Crippen LogP contribution in [0.25, 0.3) is 6.08 Å². The van der Waals surface area contributed by atoms with E-state index in [9.17, 15) is 0 Å². The molecular weight excluding hydrogens is 439 g/mol. The molecule has 4 nitrogen and oxygen atoms in total. The van der Waals surface area contributed by atoms with Crippen molar-refractivity contribution in [2.24, 2.45) is 4.99 Å². The third-order valence-corrected chi connectivity index (χ3v) is 4.53. The van der Waals surface area contributed by atoms with Gasteiger partial charge >= 0.3 is 0 Å². The first-order chi connectivity index (χ1) is 11.1. The molecule has 0 bridgehead atoms. The molecule has 0 aromatic heterocycles. The number of ether oxygens (including phenoxy) is 1. The Labute approximate surface area is 170 Å². The van der Waals surface area contributed by atoms with E-state index in [-0.39, 0.29) is 13.3 Å². The average Bonchev–Trinajstić information content (AvgIpc) is 2.51. The van der Waals surface area contributed by atoms with Gasteiger partial charge in [0.25, 0.3) is 7.83 Å². The molecule has 2 rings (SSSR count). The molecule has 0 fully saturated rings. The molecule has 0 unspecified atom stereocenters. The second-order valence-corrected chi connectivity index (χ2v) is 9.25. The Morgan fingerprint density at radius 2 is 1.62 bits per heavy atom. The summed E-state index contributed by atoms with van der Waals surface area (Å²) < 4.78 is 1.73. The number of benzene rings is 1. The van der Waals surface area contributed by atoms with E-state index in [0.717, 1.165) is 11.3 Å². The van der Waals surface area contributed by atoms with Crippen LogP contribution in [0.2, 0.25) is 0 Å². The van der Waals surface area contributed by atoms with Crippen LogP contribution in [-0.4, -0.2) is 43.9 Å². The van der Waals surface area contributed by atoms with Crippen LogP contribution in [0.3, 0.4) is 0 Å². The third kappa shape index (κ3) is 5.46. The van der Waals surface area contributed by atoms with Crippen molar-refractivity contribution in [2.75, 3.05) is 20.4 Å². The molecular formula is C14H13Cl6N3O. The Kier molecular flexibility index (Phi) is 6.82. The Hall–Kier alpha value is -0.0700. The zero-order valence-electron chi connectivity index (χ0n) is 12.4. The highest BCUT2D eigenvalue weighted by Crippen LogP contribution is 2.37. The summed E-state index contributed by atoms with van der Waals surface area (Å²) in [6.07, 6.45) is 3.58. The van der Waals surface area contributed by atoms with Gasteiger partial charge in [0.1, 0.15) is 11.6 Å². The lowest BCUT2D eigenvalue weighted by molar-refractivity contribution is 0.170. The summed E-state index contributed by atoms with van der Waals surface area (Å²) >= 11 is 35.7. The minimum atomic E-state index is -1.74. The second kappa shape index (κ2) is 8.09. The monoisotopic (exact) mass is 449 g/mol. The van der Waals surface area contributed by atoms with Crippen LogP contribution in [0.4, 0.5) is 0 Å². The molecule has 0 amide bonds. The first kappa shape index (κ1) is 20.2. The first-order valence-corrected chi connectivity index (χ1v) is 8.91. The molecule has 132 valence electrons. The van der Waals surface area contributed by atoms with Gasteiger partial charge in [-0.15, -0.1) is 0 Å². The number of alkyl halides is 6. The van der Waals surface area contributed by atoms with Crippen molar-refractivity contribution in [3.05, 3.63) is 35.9 Å². The molecule has 0 spiro atoms. The number of hydrogen-bond donors (Lipinski definition) is 0. The Balaban J connectivity index is 2.22. The lowest BCUT2D eigenvalue weighted by Crippen LogP contribution is -2.54. The summed E-state index contributed by atoms with van der Waals surface area (Å²) in [6, 6.07) is 7.48. The molecule has 0 saturated carbocycles. The number of halogens is 6. The highest BCUT2D eigenvalue weighted by atomic mass is 35.6. The number of aliphatic imine (C=N–C) groups is 1. The maximum atomic E-state index is 6.01. The summed E-state index contributed by atoms with van der Waals surface area (Å²) in [5.41, 5.74) is 0.937. The van der Waals surface area contributed by atoms with Gasteiger partial charge in [0, 0.05) is 0 Å². The minimum absolute atomic E-state index is 0.0960. The van der Waals surface area contributed by atoms with E-state index in [4.69, 9.17) is 74.3 Å². The third-order valence-electron chi connectivity index (χ3n) is 3.20. The summed E-state index contributed by atoms with van der Waals surface area (Å²) in [4.78, 5) is 7.16. The molecule has 0 saturated heterocycles. The molecule has 1 aromatic carbocycles. The molecule has 24 heavy (non-hydrogen) atoms. The standard InChI is InChI=1S/C14H13Cl6N3O/c1-24-11-5-2-10(3-6-11)4-7-12-21-8-22(13(15,16)17)9-23(12)14(18,19)20/h2-7H,8-9H2,1H3. The van der Waals surface area contributed by atoms with E-state index in [1.807, 2.05) is 30.3 Å². The fraction of sp³-hybridized carbons (Fsp3) is 0.357. The SMILES string of the molecule is COc1ccc(C=CC2=NCN(C(Cl)(Cl)Cl)CN2C(Cl)(Cl)Cl)cc1. The van der Waals surface area contributed by atoms with E-state index >= 15 is 0 Å². The van der Waals surface area contributed by atoms with E-state index < -0.39 is 7.83 Å². The first-order valence-electron chi connectivity index (χ1n) is 6.64. The molecule has 0 radical (unpaired) electrons. The van der Waals surface area contributed by atoms with Gasteiger partial charge in [-0.2, -0.15) is 0 Å². The second-order valence-electron chi connectivity index (χ2n) is 4.81. The molecule has 0 atom stereocenters. The van der Waals surface area contributed by atoms with E-state index in [2.05, 4.69) is 4.99 Å². The number of amidine groups is 1. The number of rotatable bonds is 3. The van der Waals surface area contributed by atoms with Crippen LogP contribution in [-0.2, 0) is 0 Å². The van der Waals surface area contributed by atoms with Gasteiger partial charge < -0.3 is 4.74 Å². The predicted octanol–water partition coefficient (Wildman–Crippen LogP) is 5.29. The summed E-state index contributed by atoms with van der Waals surface area (Å²) in [7, 11) is 1.61. The van der Waals surface area contributed by atoms with Gasteiger partial charge in [-0.3, -0.25) is 9.89 Å². The zero-order chi connectivity index (χ0) is 18.0. The molecule has 1 heterocycles. The highest BCUT2D eigenvalue weighted by molar-refractivity contribution is 6.68. The van der Waals surface area contributed by atoms with Crippen LogP contribution in [0.15, 0.2) is 35.3 Å². The van der Waals surface area contributed by atoms with Gasteiger partial charge in [-0.1, -0.05) is 87.8 Å². The molecule has 1 aliphatic heterocycles. The van der Waals surface area contributed by atoms with Gasteiger partial charge in [-0.25, -0.2) is 4.90 Å². The van der Waals surface area contributed by atoms with Crippen molar-refractivity contribution in [3.63, 3.8) is 0 Å². The summed E-state index contributed by atoms with van der Waals surface area (Å²) in [5, 5.41) is 0. The van der Waals surface area contributed by atoms with Gasteiger partial charge in [-0.05, 0) is 23.8 Å². The fourth-order valence-electron chi connectivity index (χ4n) is 1.93. The largest absolute Gasteiger partial charge is 0.497 e. The van der Waals surface area contributed by atoms with Crippen molar-refractivity contribution in [3.8, 4) is 5.75 Å². The topological polar surface area (TPSA) is 28.1 Å². The van der Waals surface area contributed by atoms with Crippen LogP contribution < -0.4 is 4.74 Å². The van der Waals surface area contributed by atoms with Crippen molar-refractivity contribution in [1.29, 1.82) is 0 Å². The van der Waals surface area contributed by atoms with Crippen molar-refractivity contribution < 1.29 is 4.74 Å². The van der Waals surface area contributed by atoms with Gasteiger partial charge in [0.15, 0.2) is 0 Å². The average molecular weight is 452 g/mol. The zero-order valence-corrected chi connectivity index (χ0v) is 16.9. The van der Waals surface area contributed by atoms with Crippen LogP contribution >= 0.6 is 69.6 Å². The summed E-state index contributed by atoms with van der Waals surface area (Å²) in [6.45, 7) is 0.259. The van der Waals surface area contributed by atoms with Crippen LogP contribution in [0.1, 0.15) is 5.56 Å². The molecule has 0 aliphatic carbocycles. The Bertz CT molecular complexity index is 621. The van der Waals surface area contributed by atoms with Gasteiger partial charge in [0.05, 0.1) is 20.4 Å². The molecule has 10 heteroatoms. The quantitative estimate of drug-likeness (QED) is 0.461. The van der Waals surface area contributed by atoms with Crippen molar-refractivity contribution >= 4 is 81.5 Å². The van der Waals surface area contributed by atoms with E-state index in [0.29, 0.717) is 5.84 Å². The number of methoxy groups -OCH3 is 1. The Morgan fingerprint density at radius 1 is 1.00 bits per heavy atom. The van der Waals surface area contributed by atoms with Gasteiger partial charge in [0.2, 0.25) is 0 Å². The number of hydrogen-bond acceptors (Lipinski definition) is 4. The van der Waals surface area contributed by atoms with E-state index in [1.165, 1.54) is 9.80 Å². The van der Waals surface area contributed by atoms with Crippen molar-refractivity contribution in [1.82, 2.24) is 9.80 Å². The smallest absolute Gasteiger partial charge is 0.270 e. The van der Waals surface area contributed by atoms with Crippen molar-refractivity contribution in [2.45, 2.75) is 7.83 Å². The number of nitrogens with zero attached hydrogens (tertiary/aromatic N) is 3. The van der Waals surface area contributed by atoms with Crippen LogP contribution in [0.5, 0.6) is 5.75 Å². The molecule has 1 aromatic rings. The Morgan fingerprint density at radius 3 is 2.12 bits per heavy atom.